The molecule has 1 aliphatic rings. The summed E-state index contributed by atoms with van der Waals surface area (Å²) < 4.78 is 7.80. The van der Waals surface area contributed by atoms with Crippen molar-refractivity contribution in [3.8, 4) is 11.1 Å². The maximum Gasteiger partial charge on any atom is 0.165 e. The van der Waals surface area contributed by atoms with E-state index < -0.39 is 0 Å². The summed E-state index contributed by atoms with van der Waals surface area (Å²) in [4.78, 5) is 7.72. The average molecular weight is 435 g/mol. The van der Waals surface area contributed by atoms with Crippen molar-refractivity contribution in [3.63, 3.8) is 0 Å². The molecular formula is C27H38N4O. The third-order valence-electron chi connectivity index (χ3n) is 6.95. The average Bonchev–Trinajstić information content (AvgIpc) is 3.06. The second kappa shape index (κ2) is 9.22. The molecule has 5 heteroatoms. The number of benzene rings is 1. The molecule has 1 atom stereocenters. The Morgan fingerprint density at radius 2 is 1.72 bits per heavy atom. The third-order valence-corrected chi connectivity index (χ3v) is 6.95. The number of fused-ring (bicyclic) bond motifs is 3. The number of ether oxygens (including phenoxy) is 1. The lowest BCUT2D eigenvalue weighted by Gasteiger charge is -2.39. The molecule has 3 aromatic rings. The van der Waals surface area contributed by atoms with E-state index in [1.165, 1.54) is 45.6 Å². The van der Waals surface area contributed by atoms with E-state index in [1.54, 1.807) is 0 Å². The minimum absolute atomic E-state index is 0.532. The van der Waals surface area contributed by atoms with Crippen molar-refractivity contribution >= 4 is 11.5 Å². The number of anilines is 1. The van der Waals surface area contributed by atoms with Crippen LogP contribution in [0.4, 0.5) is 5.82 Å². The van der Waals surface area contributed by atoms with E-state index in [4.69, 9.17) is 14.8 Å². The Bertz CT molecular complexity index is 1110. The number of nitrogens with zero attached hydrogens (tertiary/aromatic N) is 4. The van der Waals surface area contributed by atoms with Gasteiger partial charge in [0.25, 0.3) is 0 Å². The number of hydrogen-bond acceptors (Lipinski definition) is 4. The predicted octanol–water partition coefficient (Wildman–Crippen LogP) is 5.90. The van der Waals surface area contributed by atoms with Crippen molar-refractivity contribution in [3.05, 3.63) is 45.8 Å². The Morgan fingerprint density at radius 1 is 1.00 bits per heavy atom. The lowest BCUT2D eigenvalue weighted by atomic mass is 9.93. The van der Waals surface area contributed by atoms with Crippen molar-refractivity contribution in [2.75, 3.05) is 24.7 Å². The molecule has 0 N–H and O–H groups in total. The SMILES string of the molecule is CCOCCCN1c2c(c(C)nc3c(-c4c(C)cc(C)cc4C)c(C)nn23)CCC1CC. The molecule has 0 fully saturated rings. The molecular weight excluding hydrogens is 396 g/mol. The van der Waals surface area contributed by atoms with Gasteiger partial charge in [0, 0.05) is 37.1 Å². The van der Waals surface area contributed by atoms with Gasteiger partial charge >= 0.3 is 0 Å². The van der Waals surface area contributed by atoms with Crippen LogP contribution in [0.15, 0.2) is 12.1 Å². The molecule has 0 spiro atoms. The van der Waals surface area contributed by atoms with Crippen molar-refractivity contribution in [2.45, 2.75) is 80.2 Å². The van der Waals surface area contributed by atoms with E-state index in [2.05, 4.69) is 70.0 Å². The zero-order valence-electron chi connectivity index (χ0n) is 20.9. The van der Waals surface area contributed by atoms with Crippen molar-refractivity contribution in [1.29, 1.82) is 0 Å². The van der Waals surface area contributed by atoms with Crippen LogP contribution >= 0.6 is 0 Å². The first kappa shape index (κ1) is 22.8. The summed E-state index contributed by atoms with van der Waals surface area (Å²) in [6, 6.07) is 5.07. The Morgan fingerprint density at radius 3 is 2.38 bits per heavy atom. The first-order valence-corrected chi connectivity index (χ1v) is 12.2. The first-order valence-electron chi connectivity index (χ1n) is 12.2. The van der Waals surface area contributed by atoms with Crippen LogP contribution in [0.3, 0.4) is 0 Å². The number of aromatic nitrogens is 3. The molecule has 0 aliphatic carbocycles. The van der Waals surface area contributed by atoms with Crippen molar-refractivity contribution < 1.29 is 4.74 Å². The van der Waals surface area contributed by atoms with Crippen LogP contribution in [-0.2, 0) is 11.2 Å². The van der Waals surface area contributed by atoms with Gasteiger partial charge in [0.15, 0.2) is 5.65 Å². The summed E-state index contributed by atoms with van der Waals surface area (Å²) in [6.45, 7) is 17.8. The number of hydrogen-bond donors (Lipinski definition) is 0. The number of rotatable bonds is 7. The van der Waals surface area contributed by atoms with E-state index >= 15 is 0 Å². The largest absolute Gasteiger partial charge is 0.382 e. The molecule has 1 unspecified atom stereocenters. The minimum Gasteiger partial charge on any atom is -0.382 e. The highest BCUT2D eigenvalue weighted by atomic mass is 16.5. The molecule has 0 bridgehead atoms. The quantitative estimate of drug-likeness (QED) is 0.435. The van der Waals surface area contributed by atoms with Crippen LogP contribution in [0.5, 0.6) is 0 Å². The molecule has 5 nitrogen and oxygen atoms in total. The molecule has 0 radical (unpaired) electrons. The summed E-state index contributed by atoms with van der Waals surface area (Å²) in [7, 11) is 0. The smallest absolute Gasteiger partial charge is 0.165 e. The van der Waals surface area contributed by atoms with Crippen LogP contribution in [0.25, 0.3) is 16.8 Å². The molecule has 32 heavy (non-hydrogen) atoms. The van der Waals surface area contributed by atoms with Crippen LogP contribution in [0.2, 0.25) is 0 Å². The van der Waals surface area contributed by atoms with Gasteiger partial charge in [-0.1, -0.05) is 24.6 Å². The molecule has 1 aliphatic heterocycles. The highest BCUT2D eigenvalue weighted by molar-refractivity contribution is 5.85. The second-order valence-corrected chi connectivity index (χ2v) is 9.31. The van der Waals surface area contributed by atoms with Gasteiger partial charge in [0.2, 0.25) is 0 Å². The summed E-state index contributed by atoms with van der Waals surface area (Å²) in [5.41, 5.74) is 10.9. The monoisotopic (exact) mass is 434 g/mol. The van der Waals surface area contributed by atoms with E-state index in [1.807, 2.05) is 0 Å². The van der Waals surface area contributed by atoms with Crippen LogP contribution in [-0.4, -0.2) is 40.4 Å². The number of aryl methyl sites for hydroxylation is 5. The molecule has 0 amide bonds. The van der Waals surface area contributed by atoms with E-state index in [0.29, 0.717) is 6.04 Å². The van der Waals surface area contributed by atoms with Gasteiger partial charge in [0.05, 0.1) is 11.3 Å². The fourth-order valence-electron chi connectivity index (χ4n) is 5.57. The van der Waals surface area contributed by atoms with E-state index in [-0.39, 0.29) is 0 Å². The predicted molar refractivity (Wildman–Crippen MR) is 133 cm³/mol. The Hall–Kier alpha value is -2.40. The molecule has 4 rings (SSSR count). The van der Waals surface area contributed by atoms with E-state index in [0.717, 1.165) is 56.1 Å². The normalized spacial score (nSPS) is 16.1. The van der Waals surface area contributed by atoms with Crippen LogP contribution < -0.4 is 4.90 Å². The summed E-state index contributed by atoms with van der Waals surface area (Å²) in [5, 5.41) is 5.09. The molecule has 1 aromatic carbocycles. The highest BCUT2D eigenvalue weighted by Gasteiger charge is 2.31. The zero-order chi connectivity index (χ0) is 23.0. The fraction of sp³-hybridized carbons (Fsp3) is 0.556. The van der Waals surface area contributed by atoms with Gasteiger partial charge < -0.3 is 9.64 Å². The van der Waals surface area contributed by atoms with Crippen molar-refractivity contribution in [2.24, 2.45) is 0 Å². The maximum atomic E-state index is 5.65. The lowest BCUT2D eigenvalue weighted by molar-refractivity contribution is 0.145. The van der Waals surface area contributed by atoms with Gasteiger partial charge in [0.1, 0.15) is 5.82 Å². The summed E-state index contributed by atoms with van der Waals surface area (Å²) in [5.74, 6) is 1.25. The van der Waals surface area contributed by atoms with Gasteiger partial charge in [-0.3, -0.25) is 0 Å². The Balaban J connectivity index is 1.91. The second-order valence-electron chi connectivity index (χ2n) is 9.31. The molecule has 0 saturated heterocycles. The standard InChI is InChI=1S/C27H38N4O/c1-8-22-11-12-23-20(6)28-26-25(24-18(4)15-17(3)16-19(24)5)21(7)29-31(26)27(23)30(22)13-10-14-32-9-2/h15-16,22H,8-14H2,1-7H3. The van der Waals surface area contributed by atoms with Gasteiger partial charge in [-0.2, -0.15) is 9.61 Å². The highest BCUT2D eigenvalue weighted by Crippen LogP contribution is 2.39. The Kier molecular flexibility index (Phi) is 6.57. The Labute approximate surface area is 192 Å². The molecule has 2 aromatic heterocycles. The summed E-state index contributed by atoms with van der Waals surface area (Å²) in [6.07, 6.45) is 4.41. The van der Waals surface area contributed by atoms with Gasteiger partial charge in [-0.15, -0.1) is 0 Å². The zero-order valence-corrected chi connectivity index (χ0v) is 20.9. The first-order chi connectivity index (χ1) is 15.4. The molecule has 3 heterocycles. The molecule has 0 saturated carbocycles. The fourth-order valence-corrected chi connectivity index (χ4v) is 5.57. The van der Waals surface area contributed by atoms with Gasteiger partial charge in [-0.05, 0) is 83.9 Å². The van der Waals surface area contributed by atoms with Crippen LogP contribution in [0.1, 0.15) is 66.8 Å². The summed E-state index contributed by atoms with van der Waals surface area (Å²) >= 11 is 0. The third kappa shape index (κ3) is 3.92. The van der Waals surface area contributed by atoms with Crippen LogP contribution in [0, 0.1) is 34.6 Å². The van der Waals surface area contributed by atoms with Crippen molar-refractivity contribution in [1.82, 2.24) is 14.6 Å². The maximum absolute atomic E-state index is 5.65. The topological polar surface area (TPSA) is 42.7 Å². The lowest BCUT2D eigenvalue weighted by Crippen LogP contribution is -2.42. The van der Waals surface area contributed by atoms with Gasteiger partial charge in [-0.25, -0.2) is 4.98 Å². The molecule has 172 valence electrons. The minimum atomic E-state index is 0.532. The van der Waals surface area contributed by atoms with E-state index in [9.17, 15) is 0 Å².